The summed E-state index contributed by atoms with van der Waals surface area (Å²) in [7, 11) is -3.56. The molecule has 2 aliphatic rings. The van der Waals surface area contributed by atoms with Crippen molar-refractivity contribution in [3.05, 3.63) is 29.8 Å². The molecule has 1 aromatic carbocycles. The molecule has 1 heterocycles. The van der Waals surface area contributed by atoms with Crippen LogP contribution in [0.5, 0.6) is 0 Å². The largest absolute Gasteiger partial charge is 0.279 e. The summed E-state index contributed by atoms with van der Waals surface area (Å²) < 4.78 is 27.5. The van der Waals surface area contributed by atoms with Gasteiger partial charge in [0.2, 0.25) is 0 Å². The van der Waals surface area contributed by atoms with Gasteiger partial charge in [-0.25, -0.2) is 0 Å². The molecular formula is C17H24N2O2S. The van der Waals surface area contributed by atoms with Crippen LogP contribution in [-0.4, -0.2) is 24.6 Å². The van der Waals surface area contributed by atoms with Crippen LogP contribution in [0.4, 0.5) is 0 Å². The molecule has 0 spiro atoms. The van der Waals surface area contributed by atoms with Gasteiger partial charge in [-0.1, -0.05) is 38.0 Å². The predicted molar refractivity (Wildman–Crippen MR) is 88.2 cm³/mol. The van der Waals surface area contributed by atoms with Crippen molar-refractivity contribution < 1.29 is 8.42 Å². The molecule has 22 heavy (non-hydrogen) atoms. The highest BCUT2D eigenvalue weighted by Crippen LogP contribution is 2.39. The fourth-order valence-electron chi connectivity index (χ4n) is 3.61. The molecule has 1 fully saturated rings. The SMILES string of the molecule is Cc1ccc(S(=O)(=O)N2N=C3CCCC[C@@H]3[C@@H]2C(C)C)cc1. The van der Waals surface area contributed by atoms with Crippen LogP contribution >= 0.6 is 0 Å². The zero-order valence-electron chi connectivity index (χ0n) is 13.5. The highest BCUT2D eigenvalue weighted by atomic mass is 32.2. The second kappa shape index (κ2) is 5.69. The topological polar surface area (TPSA) is 49.7 Å². The van der Waals surface area contributed by atoms with E-state index in [1.807, 2.05) is 19.1 Å². The van der Waals surface area contributed by atoms with Gasteiger partial charge in [0.1, 0.15) is 0 Å². The molecule has 0 saturated heterocycles. The Morgan fingerprint density at radius 3 is 2.50 bits per heavy atom. The van der Waals surface area contributed by atoms with Gasteiger partial charge in [-0.2, -0.15) is 17.9 Å². The molecule has 0 bridgehead atoms. The van der Waals surface area contributed by atoms with E-state index in [0.717, 1.165) is 30.5 Å². The number of aryl methyl sites for hydroxylation is 1. The van der Waals surface area contributed by atoms with E-state index >= 15 is 0 Å². The summed E-state index contributed by atoms with van der Waals surface area (Å²) in [4.78, 5) is 0.340. The van der Waals surface area contributed by atoms with Gasteiger partial charge in [0.05, 0.1) is 10.9 Å². The number of sulfonamides is 1. The van der Waals surface area contributed by atoms with Crippen LogP contribution < -0.4 is 0 Å². The molecule has 120 valence electrons. The van der Waals surface area contributed by atoms with Gasteiger partial charge in [-0.05, 0) is 44.2 Å². The molecule has 1 aromatic rings. The standard InChI is InChI=1S/C17H24N2O2S/c1-12(2)17-15-6-4-5-7-16(15)18-19(17)22(20,21)14-10-8-13(3)9-11-14/h8-12,15,17H,4-7H2,1-3H3/t15-,17-/m0/s1. The van der Waals surface area contributed by atoms with Crippen molar-refractivity contribution in [1.29, 1.82) is 0 Å². The Morgan fingerprint density at radius 1 is 1.18 bits per heavy atom. The highest BCUT2D eigenvalue weighted by Gasteiger charge is 2.45. The minimum absolute atomic E-state index is 0.0402. The Balaban J connectivity index is 2.01. The normalized spacial score (nSPS) is 25.3. The van der Waals surface area contributed by atoms with Crippen molar-refractivity contribution in [3.63, 3.8) is 0 Å². The van der Waals surface area contributed by atoms with E-state index in [-0.39, 0.29) is 12.0 Å². The lowest BCUT2D eigenvalue weighted by Gasteiger charge is -2.31. The van der Waals surface area contributed by atoms with E-state index in [2.05, 4.69) is 18.9 Å². The molecule has 0 amide bonds. The Kier molecular flexibility index (Phi) is 4.02. The van der Waals surface area contributed by atoms with E-state index in [1.54, 1.807) is 12.1 Å². The van der Waals surface area contributed by atoms with Crippen LogP contribution in [0.2, 0.25) is 0 Å². The van der Waals surface area contributed by atoms with E-state index in [1.165, 1.54) is 10.8 Å². The van der Waals surface area contributed by atoms with Crippen molar-refractivity contribution in [3.8, 4) is 0 Å². The van der Waals surface area contributed by atoms with Crippen molar-refractivity contribution in [2.45, 2.75) is 57.4 Å². The van der Waals surface area contributed by atoms with E-state index < -0.39 is 10.0 Å². The molecule has 2 atom stereocenters. The van der Waals surface area contributed by atoms with Crippen molar-refractivity contribution in [2.24, 2.45) is 16.9 Å². The molecule has 0 N–H and O–H groups in total. The van der Waals surface area contributed by atoms with Crippen LogP contribution in [0.25, 0.3) is 0 Å². The first-order valence-electron chi connectivity index (χ1n) is 8.10. The summed E-state index contributed by atoms with van der Waals surface area (Å²) >= 11 is 0. The minimum Gasteiger partial charge on any atom is -0.200 e. The van der Waals surface area contributed by atoms with E-state index in [9.17, 15) is 8.42 Å². The molecule has 0 aromatic heterocycles. The summed E-state index contributed by atoms with van der Waals surface area (Å²) in [5, 5.41) is 4.55. The Bertz CT molecular complexity index is 677. The number of nitrogens with zero attached hydrogens (tertiary/aromatic N) is 2. The van der Waals surface area contributed by atoms with E-state index in [4.69, 9.17) is 0 Å². The number of hydrogen-bond donors (Lipinski definition) is 0. The van der Waals surface area contributed by atoms with E-state index in [0.29, 0.717) is 10.8 Å². The van der Waals surface area contributed by atoms with Crippen LogP contribution in [0.3, 0.4) is 0 Å². The molecule has 5 heteroatoms. The minimum atomic E-state index is -3.56. The summed E-state index contributed by atoms with van der Waals surface area (Å²) in [6.07, 6.45) is 4.29. The zero-order valence-corrected chi connectivity index (χ0v) is 14.3. The molecule has 3 rings (SSSR count). The average Bonchev–Trinajstić information content (AvgIpc) is 2.88. The molecule has 1 aliphatic carbocycles. The lowest BCUT2D eigenvalue weighted by Crippen LogP contribution is -2.41. The van der Waals surface area contributed by atoms with Gasteiger partial charge in [0, 0.05) is 11.6 Å². The van der Waals surface area contributed by atoms with Gasteiger partial charge in [-0.3, -0.25) is 0 Å². The first-order valence-corrected chi connectivity index (χ1v) is 9.54. The third kappa shape index (κ3) is 2.56. The van der Waals surface area contributed by atoms with Gasteiger partial charge in [-0.15, -0.1) is 0 Å². The van der Waals surface area contributed by atoms with Gasteiger partial charge in [0.25, 0.3) is 10.0 Å². The Hall–Kier alpha value is -1.36. The third-order valence-corrected chi connectivity index (χ3v) is 6.45. The number of rotatable bonds is 3. The van der Waals surface area contributed by atoms with Crippen molar-refractivity contribution in [1.82, 2.24) is 4.41 Å². The maximum Gasteiger partial charge on any atom is 0.279 e. The number of hydrazone groups is 1. The molecule has 0 unspecified atom stereocenters. The average molecular weight is 320 g/mol. The zero-order chi connectivity index (χ0) is 15.9. The van der Waals surface area contributed by atoms with Crippen molar-refractivity contribution in [2.75, 3.05) is 0 Å². The summed E-state index contributed by atoms with van der Waals surface area (Å²) in [6, 6.07) is 7.01. The van der Waals surface area contributed by atoms with Crippen LogP contribution in [0, 0.1) is 18.8 Å². The lowest BCUT2D eigenvalue weighted by atomic mass is 9.79. The number of benzene rings is 1. The maximum absolute atomic E-state index is 13.0. The molecule has 1 aliphatic heterocycles. The first kappa shape index (κ1) is 15.5. The molecule has 1 saturated carbocycles. The molecule has 0 radical (unpaired) electrons. The van der Waals surface area contributed by atoms with Gasteiger partial charge < -0.3 is 0 Å². The molecule has 4 nitrogen and oxygen atoms in total. The molecular weight excluding hydrogens is 296 g/mol. The Morgan fingerprint density at radius 2 is 1.86 bits per heavy atom. The summed E-state index contributed by atoms with van der Waals surface area (Å²) in [6.45, 7) is 6.14. The second-order valence-corrected chi connectivity index (χ2v) is 8.56. The second-order valence-electron chi connectivity index (χ2n) is 6.77. The van der Waals surface area contributed by atoms with Crippen LogP contribution in [0.1, 0.15) is 45.1 Å². The summed E-state index contributed by atoms with van der Waals surface area (Å²) in [5.74, 6) is 0.554. The number of hydrogen-bond acceptors (Lipinski definition) is 3. The predicted octanol–water partition coefficient (Wildman–Crippen LogP) is 3.57. The first-order chi connectivity index (χ1) is 10.4. The number of fused-ring (bicyclic) bond motifs is 1. The van der Waals surface area contributed by atoms with Gasteiger partial charge >= 0.3 is 0 Å². The smallest absolute Gasteiger partial charge is 0.200 e. The highest BCUT2D eigenvalue weighted by molar-refractivity contribution is 7.89. The monoisotopic (exact) mass is 320 g/mol. The van der Waals surface area contributed by atoms with Crippen molar-refractivity contribution >= 4 is 15.7 Å². The Labute approximate surface area is 133 Å². The fourth-order valence-corrected chi connectivity index (χ4v) is 5.23. The fraction of sp³-hybridized carbons (Fsp3) is 0.588. The lowest BCUT2D eigenvalue weighted by molar-refractivity contribution is 0.239. The summed E-state index contributed by atoms with van der Waals surface area (Å²) in [5.41, 5.74) is 2.14. The maximum atomic E-state index is 13.0. The van der Waals surface area contributed by atoms with Gasteiger partial charge in [0.15, 0.2) is 0 Å². The quantitative estimate of drug-likeness (QED) is 0.855. The van der Waals surface area contributed by atoms with Crippen LogP contribution in [0.15, 0.2) is 34.3 Å². The van der Waals surface area contributed by atoms with Crippen LogP contribution in [-0.2, 0) is 10.0 Å². The third-order valence-electron chi connectivity index (χ3n) is 4.77.